The average molecular weight is 162 g/mol. The van der Waals surface area contributed by atoms with Gasteiger partial charge in [0.1, 0.15) is 5.52 Å². The molecule has 1 radical (unpaired) electrons. The van der Waals surface area contributed by atoms with E-state index in [-0.39, 0.29) is 4.85 Å². The quantitative estimate of drug-likeness (QED) is 0.546. The topological polar surface area (TPSA) is 67.7 Å². The van der Waals surface area contributed by atoms with Gasteiger partial charge in [0.25, 0.3) is 0 Å². The summed E-state index contributed by atoms with van der Waals surface area (Å²) in [6, 6.07) is 6.57. The Bertz CT molecular complexity index is 477. The molecule has 0 unspecified atom stereocenters. The van der Waals surface area contributed by atoms with Gasteiger partial charge in [-0.25, -0.2) is 0 Å². The van der Waals surface area contributed by atoms with Gasteiger partial charge in [0.2, 0.25) is 0 Å². The number of rotatable bonds is 0. The van der Waals surface area contributed by atoms with Crippen LogP contribution in [0, 0.1) is 0 Å². The highest BCUT2D eigenvalue weighted by molar-refractivity contribution is 5.76. The molecule has 0 aliphatic rings. The molecule has 5 heteroatoms. The van der Waals surface area contributed by atoms with Crippen LogP contribution < -0.4 is 5.56 Å². The first kappa shape index (κ1) is 6.78. The van der Waals surface area contributed by atoms with Gasteiger partial charge in [-0.1, -0.05) is 12.1 Å². The number of hydrogen-bond acceptors (Lipinski definition) is 3. The monoisotopic (exact) mass is 162 g/mol. The molecule has 1 heterocycles. The van der Waals surface area contributed by atoms with Crippen molar-refractivity contribution in [3.63, 3.8) is 0 Å². The second kappa shape index (κ2) is 2.30. The van der Waals surface area contributed by atoms with E-state index in [1.165, 1.54) is 0 Å². The maximum Gasteiger partial charge on any atom is 0.319 e. The van der Waals surface area contributed by atoms with E-state index >= 15 is 0 Å². The molecule has 0 aliphatic carbocycles. The lowest BCUT2D eigenvalue weighted by Crippen LogP contribution is -2.20. The van der Waals surface area contributed by atoms with E-state index in [4.69, 9.17) is 0 Å². The first-order valence-corrected chi connectivity index (χ1v) is 3.31. The third-order valence-corrected chi connectivity index (χ3v) is 1.54. The third kappa shape index (κ3) is 0.833. The van der Waals surface area contributed by atoms with Crippen molar-refractivity contribution in [3.8, 4) is 0 Å². The summed E-state index contributed by atoms with van der Waals surface area (Å²) in [6.07, 6.45) is 0. The molecule has 0 bridgehead atoms. The van der Waals surface area contributed by atoms with Crippen LogP contribution >= 0.6 is 0 Å². The Balaban J connectivity index is 3.01. The molecule has 0 amide bonds. The molecule has 0 saturated carbocycles. The Kier molecular flexibility index (Phi) is 1.30. The third-order valence-electron chi connectivity index (χ3n) is 1.54. The normalized spacial score (nSPS) is 10.3. The molecular formula is C7H4N3O2. The molecule has 1 aromatic heterocycles. The van der Waals surface area contributed by atoms with Crippen LogP contribution in [0.25, 0.3) is 10.9 Å². The predicted molar refractivity (Wildman–Crippen MR) is 39.9 cm³/mol. The fourth-order valence-electron chi connectivity index (χ4n) is 0.974. The Hall–Kier alpha value is -1.91. The van der Waals surface area contributed by atoms with Gasteiger partial charge in [0.05, 0.1) is 5.39 Å². The zero-order chi connectivity index (χ0) is 8.55. The zero-order valence-corrected chi connectivity index (χ0v) is 5.97. The summed E-state index contributed by atoms with van der Waals surface area (Å²) >= 11 is 0. The molecule has 0 saturated heterocycles. The molecule has 0 spiro atoms. The highest BCUT2D eigenvalue weighted by atomic mass is 16.5. The molecule has 2 aromatic rings. The van der Waals surface area contributed by atoms with Gasteiger partial charge < -0.3 is 0 Å². The molecule has 1 aromatic carbocycles. The van der Waals surface area contributed by atoms with Crippen LogP contribution in [0.4, 0.5) is 0 Å². The van der Waals surface area contributed by atoms with E-state index in [1.54, 1.807) is 24.3 Å². The summed E-state index contributed by atoms with van der Waals surface area (Å²) < 4.78 is 0. The van der Waals surface area contributed by atoms with Gasteiger partial charge in [-0.05, 0) is 17.3 Å². The van der Waals surface area contributed by atoms with Gasteiger partial charge in [0.15, 0.2) is 0 Å². The predicted octanol–water partition coefficient (Wildman–Crippen LogP) is -0.0149. The van der Waals surface area contributed by atoms with E-state index < -0.39 is 5.56 Å². The summed E-state index contributed by atoms with van der Waals surface area (Å²) in [4.78, 5) is 11.1. The molecule has 2 rings (SSSR count). The van der Waals surface area contributed by atoms with Gasteiger partial charge in [-0.15, -0.1) is 10.3 Å². The second-order valence-electron chi connectivity index (χ2n) is 2.28. The number of nitrogens with zero attached hydrogens (tertiary/aromatic N) is 3. The number of aromatic nitrogens is 3. The average Bonchev–Trinajstić information content (AvgIpc) is 2.12. The van der Waals surface area contributed by atoms with Crippen LogP contribution in [-0.2, 0) is 5.21 Å². The van der Waals surface area contributed by atoms with Crippen molar-refractivity contribution in [2.75, 3.05) is 0 Å². The SMILES string of the molecule is [O]n1nnc2ccccc2c1=O. The lowest BCUT2D eigenvalue weighted by atomic mass is 10.2. The minimum absolute atomic E-state index is 0.0255. The van der Waals surface area contributed by atoms with Crippen molar-refractivity contribution < 1.29 is 5.21 Å². The van der Waals surface area contributed by atoms with Crippen LogP contribution in [0.15, 0.2) is 29.1 Å². The Morgan fingerprint density at radius 2 is 2.00 bits per heavy atom. The highest BCUT2D eigenvalue weighted by Gasteiger charge is 2.02. The maximum atomic E-state index is 11.1. The van der Waals surface area contributed by atoms with E-state index in [9.17, 15) is 10.0 Å². The van der Waals surface area contributed by atoms with E-state index in [2.05, 4.69) is 10.3 Å². The van der Waals surface area contributed by atoms with Crippen molar-refractivity contribution in [2.24, 2.45) is 0 Å². The molecule has 0 aliphatic heterocycles. The minimum Gasteiger partial charge on any atom is -0.263 e. The van der Waals surface area contributed by atoms with Crippen LogP contribution in [0.5, 0.6) is 0 Å². The van der Waals surface area contributed by atoms with E-state index in [1.807, 2.05) is 0 Å². The van der Waals surface area contributed by atoms with Crippen molar-refractivity contribution in [1.82, 2.24) is 15.2 Å². The van der Waals surface area contributed by atoms with Gasteiger partial charge in [-0.2, -0.15) is 0 Å². The first-order chi connectivity index (χ1) is 5.79. The maximum absolute atomic E-state index is 11.1. The summed E-state index contributed by atoms with van der Waals surface area (Å²) in [7, 11) is 0. The lowest BCUT2D eigenvalue weighted by Gasteiger charge is -1.92. The standard InChI is InChI=1S/C7H4N3O2/c11-7-5-3-1-2-4-6(5)8-9-10(7)12/h1-4H. The molecular weight excluding hydrogens is 158 g/mol. The summed E-state index contributed by atoms with van der Waals surface area (Å²) in [5.74, 6) is 0. The molecule has 59 valence electrons. The lowest BCUT2D eigenvalue weighted by molar-refractivity contribution is 0.0420. The number of fused-ring (bicyclic) bond motifs is 1. The number of benzene rings is 1. The molecule has 0 N–H and O–H groups in total. The summed E-state index contributed by atoms with van der Waals surface area (Å²) in [6.45, 7) is 0. The Morgan fingerprint density at radius 1 is 1.25 bits per heavy atom. The summed E-state index contributed by atoms with van der Waals surface area (Å²) in [5.41, 5.74) is -0.227. The van der Waals surface area contributed by atoms with Crippen LogP contribution in [0.2, 0.25) is 0 Å². The molecule has 12 heavy (non-hydrogen) atoms. The Labute approximate surface area is 66.8 Å². The largest absolute Gasteiger partial charge is 0.319 e. The van der Waals surface area contributed by atoms with Crippen molar-refractivity contribution in [3.05, 3.63) is 34.6 Å². The number of hydrogen-bond donors (Lipinski definition) is 0. The highest BCUT2D eigenvalue weighted by Crippen LogP contribution is 2.02. The molecule has 0 fully saturated rings. The zero-order valence-electron chi connectivity index (χ0n) is 5.97. The first-order valence-electron chi connectivity index (χ1n) is 3.31. The second-order valence-corrected chi connectivity index (χ2v) is 2.28. The van der Waals surface area contributed by atoms with Crippen molar-refractivity contribution in [2.45, 2.75) is 0 Å². The fraction of sp³-hybridized carbons (Fsp3) is 0. The van der Waals surface area contributed by atoms with Gasteiger partial charge in [0, 0.05) is 4.85 Å². The van der Waals surface area contributed by atoms with E-state index in [0.717, 1.165) is 0 Å². The van der Waals surface area contributed by atoms with Crippen LogP contribution in [0.1, 0.15) is 0 Å². The van der Waals surface area contributed by atoms with E-state index in [0.29, 0.717) is 10.9 Å². The fourth-order valence-corrected chi connectivity index (χ4v) is 0.974. The van der Waals surface area contributed by atoms with Gasteiger partial charge >= 0.3 is 5.56 Å². The molecule has 0 atom stereocenters. The molecule has 5 nitrogen and oxygen atoms in total. The summed E-state index contributed by atoms with van der Waals surface area (Å²) in [5, 5.41) is 17.6. The van der Waals surface area contributed by atoms with Gasteiger partial charge in [-0.3, -0.25) is 4.79 Å². The van der Waals surface area contributed by atoms with Crippen LogP contribution in [-0.4, -0.2) is 15.2 Å². The van der Waals surface area contributed by atoms with Crippen molar-refractivity contribution >= 4 is 10.9 Å². The van der Waals surface area contributed by atoms with Crippen LogP contribution in [0.3, 0.4) is 0 Å². The smallest absolute Gasteiger partial charge is 0.263 e. The Morgan fingerprint density at radius 3 is 2.83 bits per heavy atom. The van der Waals surface area contributed by atoms with Crippen molar-refractivity contribution in [1.29, 1.82) is 0 Å². The minimum atomic E-state index is -0.666.